The number of ether oxygens (including phenoxy) is 1. The largest absolute Gasteiger partial charge is 0.385 e. The van der Waals surface area contributed by atoms with Crippen LogP contribution in [0.2, 0.25) is 0 Å². The van der Waals surface area contributed by atoms with Gasteiger partial charge in [-0.2, -0.15) is 0 Å². The molecule has 0 aromatic heterocycles. The van der Waals surface area contributed by atoms with Gasteiger partial charge in [0, 0.05) is 32.8 Å². The van der Waals surface area contributed by atoms with Crippen molar-refractivity contribution in [3.8, 4) is 0 Å². The Bertz CT molecular complexity index is 98.5. The summed E-state index contributed by atoms with van der Waals surface area (Å²) < 4.78 is 4.97. The van der Waals surface area contributed by atoms with E-state index in [1.165, 1.54) is 0 Å². The number of methoxy groups -OCH3 is 1. The van der Waals surface area contributed by atoms with E-state index in [1.54, 1.807) is 7.11 Å². The van der Waals surface area contributed by atoms with E-state index >= 15 is 0 Å². The van der Waals surface area contributed by atoms with E-state index in [4.69, 9.17) is 10.5 Å². The van der Waals surface area contributed by atoms with Gasteiger partial charge in [-0.1, -0.05) is 6.92 Å². The van der Waals surface area contributed by atoms with Gasteiger partial charge in [0.1, 0.15) is 0 Å². The SMILES string of the molecule is CCC(N)CN(C)CCCOC. The van der Waals surface area contributed by atoms with E-state index in [2.05, 4.69) is 18.9 Å². The highest BCUT2D eigenvalue weighted by Gasteiger charge is 2.03. The number of nitrogens with zero attached hydrogens (tertiary/aromatic N) is 1. The van der Waals surface area contributed by atoms with Crippen LogP contribution in [0.25, 0.3) is 0 Å². The Balaban J connectivity index is 3.26. The Morgan fingerprint density at radius 2 is 2.17 bits per heavy atom. The smallest absolute Gasteiger partial charge is 0.0474 e. The fraction of sp³-hybridized carbons (Fsp3) is 1.00. The van der Waals surface area contributed by atoms with Gasteiger partial charge in [0.05, 0.1) is 0 Å². The molecule has 0 amide bonds. The Hall–Kier alpha value is -0.120. The van der Waals surface area contributed by atoms with Crippen LogP contribution in [0.4, 0.5) is 0 Å². The summed E-state index contributed by atoms with van der Waals surface area (Å²) in [6.07, 6.45) is 2.14. The minimum absolute atomic E-state index is 0.317. The lowest BCUT2D eigenvalue weighted by atomic mass is 10.2. The summed E-state index contributed by atoms with van der Waals surface area (Å²) in [6.45, 7) is 5.01. The normalized spacial score (nSPS) is 13.8. The lowest BCUT2D eigenvalue weighted by molar-refractivity contribution is 0.177. The third kappa shape index (κ3) is 6.58. The maximum Gasteiger partial charge on any atom is 0.0474 e. The van der Waals surface area contributed by atoms with Crippen LogP contribution in [0.1, 0.15) is 19.8 Å². The zero-order valence-corrected chi connectivity index (χ0v) is 8.55. The van der Waals surface area contributed by atoms with Gasteiger partial charge >= 0.3 is 0 Å². The van der Waals surface area contributed by atoms with E-state index in [0.29, 0.717) is 6.04 Å². The number of likely N-dealkylation sites (N-methyl/N-ethyl adjacent to an activating group) is 1. The summed E-state index contributed by atoms with van der Waals surface area (Å²) in [7, 11) is 3.84. The fourth-order valence-corrected chi connectivity index (χ4v) is 1.10. The molecule has 74 valence electrons. The quantitative estimate of drug-likeness (QED) is 0.577. The average molecular weight is 174 g/mol. The molecule has 0 spiro atoms. The monoisotopic (exact) mass is 174 g/mol. The summed E-state index contributed by atoms with van der Waals surface area (Å²) in [5.74, 6) is 0. The van der Waals surface area contributed by atoms with Crippen molar-refractivity contribution in [3.63, 3.8) is 0 Å². The highest BCUT2D eigenvalue weighted by molar-refractivity contribution is 4.63. The molecule has 0 aliphatic heterocycles. The molecule has 0 radical (unpaired) electrons. The van der Waals surface area contributed by atoms with Crippen LogP contribution in [-0.4, -0.2) is 44.8 Å². The number of hydrogen-bond acceptors (Lipinski definition) is 3. The van der Waals surface area contributed by atoms with Gasteiger partial charge in [-0.15, -0.1) is 0 Å². The van der Waals surface area contributed by atoms with Crippen molar-refractivity contribution in [2.75, 3.05) is 33.9 Å². The molecule has 2 N–H and O–H groups in total. The van der Waals surface area contributed by atoms with Crippen LogP contribution < -0.4 is 5.73 Å². The molecule has 0 bridgehead atoms. The van der Waals surface area contributed by atoms with Crippen molar-refractivity contribution < 1.29 is 4.74 Å². The molecule has 0 aromatic carbocycles. The average Bonchev–Trinajstić information content (AvgIpc) is 2.05. The second-order valence-corrected chi connectivity index (χ2v) is 3.28. The number of rotatable bonds is 7. The van der Waals surface area contributed by atoms with Gasteiger partial charge in [-0.3, -0.25) is 0 Å². The second kappa shape index (κ2) is 7.53. The minimum atomic E-state index is 0.317. The molecule has 0 heterocycles. The Morgan fingerprint density at radius 3 is 2.67 bits per heavy atom. The maximum atomic E-state index is 5.81. The standard InChI is InChI=1S/C9H22N2O/c1-4-9(10)8-11(2)6-5-7-12-3/h9H,4-8,10H2,1-3H3. The predicted octanol–water partition coefficient (Wildman–Crippen LogP) is 0.692. The van der Waals surface area contributed by atoms with Gasteiger partial charge in [0.25, 0.3) is 0 Å². The first-order valence-corrected chi connectivity index (χ1v) is 4.63. The van der Waals surface area contributed by atoms with Gasteiger partial charge in [-0.05, 0) is 19.9 Å². The summed E-state index contributed by atoms with van der Waals surface area (Å²) in [4.78, 5) is 2.26. The molecule has 1 unspecified atom stereocenters. The topological polar surface area (TPSA) is 38.5 Å². The highest BCUT2D eigenvalue weighted by atomic mass is 16.5. The predicted molar refractivity (Wildman–Crippen MR) is 52.3 cm³/mol. The summed E-state index contributed by atoms with van der Waals surface area (Å²) in [5.41, 5.74) is 5.81. The molecule has 0 saturated heterocycles. The van der Waals surface area contributed by atoms with Crippen LogP contribution in [0.15, 0.2) is 0 Å². The van der Waals surface area contributed by atoms with Crippen molar-refractivity contribution in [1.82, 2.24) is 4.90 Å². The lowest BCUT2D eigenvalue weighted by Gasteiger charge is -2.19. The zero-order valence-electron chi connectivity index (χ0n) is 8.55. The Kier molecular flexibility index (Phi) is 7.45. The Morgan fingerprint density at radius 1 is 1.50 bits per heavy atom. The van der Waals surface area contributed by atoms with Crippen molar-refractivity contribution in [2.24, 2.45) is 5.73 Å². The van der Waals surface area contributed by atoms with Crippen LogP contribution in [-0.2, 0) is 4.74 Å². The van der Waals surface area contributed by atoms with Crippen LogP contribution >= 0.6 is 0 Å². The summed E-state index contributed by atoms with van der Waals surface area (Å²) >= 11 is 0. The zero-order chi connectivity index (χ0) is 9.40. The Labute approximate surface area is 75.9 Å². The van der Waals surface area contributed by atoms with Crippen molar-refractivity contribution >= 4 is 0 Å². The highest BCUT2D eigenvalue weighted by Crippen LogP contribution is 1.92. The second-order valence-electron chi connectivity index (χ2n) is 3.28. The first-order chi connectivity index (χ1) is 5.70. The molecule has 1 atom stereocenters. The molecule has 12 heavy (non-hydrogen) atoms. The number of nitrogens with two attached hydrogens (primary N) is 1. The summed E-state index contributed by atoms with van der Waals surface area (Å²) in [6, 6.07) is 0.317. The number of hydrogen-bond donors (Lipinski definition) is 1. The molecule has 0 aliphatic carbocycles. The molecule has 0 fully saturated rings. The van der Waals surface area contributed by atoms with Crippen LogP contribution in [0.3, 0.4) is 0 Å². The fourth-order valence-electron chi connectivity index (χ4n) is 1.10. The molecule has 0 saturated carbocycles. The molecular formula is C9H22N2O. The van der Waals surface area contributed by atoms with Crippen molar-refractivity contribution in [3.05, 3.63) is 0 Å². The molecular weight excluding hydrogens is 152 g/mol. The van der Waals surface area contributed by atoms with E-state index in [-0.39, 0.29) is 0 Å². The molecule has 0 aliphatic rings. The molecule has 0 aromatic rings. The van der Waals surface area contributed by atoms with Crippen molar-refractivity contribution in [2.45, 2.75) is 25.8 Å². The summed E-state index contributed by atoms with van der Waals surface area (Å²) in [5, 5.41) is 0. The van der Waals surface area contributed by atoms with Crippen molar-refractivity contribution in [1.29, 1.82) is 0 Å². The van der Waals surface area contributed by atoms with Crippen LogP contribution in [0, 0.1) is 0 Å². The van der Waals surface area contributed by atoms with E-state index in [1.807, 2.05) is 0 Å². The van der Waals surface area contributed by atoms with Crippen LogP contribution in [0.5, 0.6) is 0 Å². The lowest BCUT2D eigenvalue weighted by Crippen LogP contribution is -2.35. The first-order valence-electron chi connectivity index (χ1n) is 4.63. The minimum Gasteiger partial charge on any atom is -0.385 e. The van der Waals surface area contributed by atoms with E-state index < -0.39 is 0 Å². The first kappa shape index (κ1) is 11.9. The maximum absolute atomic E-state index is 5.81. The third-order valence-electron chi connectivity index (χ3n) is 1.96. The van der Waals surface area contributed by atoms with E-state index in [9.17, 15) is 0 Å². The van der Waals surface area contributed by atoms with Gasteiger partial charge in [-0.25, -0.2) is 0 Å². The molecule has 3 nitrogen and oxygen atoms in total. The third-order valence-corrected chi connectivity index (χ3v) is 1.96. The van der Waals surface area contributed by atoms with Gasteiger partial charge in [0.2, 0.25) is 0 Å². The van der Waals surface area contributed by atoms with Gasteiger partial charge in [0.15, 0.2) is 0 Å². The molecule has 0 rings (SSSR count). The van der Waals surface area contributed by atoms with Gasteiger partial charge < -0.3 is 15.4 Å². The van der Waals surface area contributed by atoms with E-state index in [0.717, 1.165) is 32.5 Å². The molecule has 3 heteroatoms.